The summed E-state index contributed by atoms with van der Waals surface area (Å²) in [6, 6.07) is 17.6. The van der Waals surface area contributed by atoms with Crippen molar-refractivity contribution in [3.8, 4) is 0 Å². The molecule has 0 unspecified atom stereocenters. The van der Waals surface area contributed by atoms with Gasteiger partial charge in [0.25, 0.3) is 0 Å². The van der Waals surface area contributed by atoms with Crippen LogP contribution in [0.4, 0.5) is 0 Å². The zero-order chi connectivity index (χ0) is 22.8. The molecule has 1 aliphatic rings. The third-order valence-electron chi connectivity index (χ3n) is 6.01. The molecule has 0 saturated heterocycles. The van der Waals surface area contributed by atoms with E-state index in [-0.39, 0.29) is 17.9 Å². The van der Waals surface area contributed by atoms with Crippen LogP contribution in [0.3, 0.4) is 0 Å². The van der Waals surface area contributed by atoms with E-state index in [1.165, 1.54) is 5.56 Å². The molecule has 0 radical (unpaired) electrons. The van der Waals surface area contributed by atoms with Crippen LogP contribution in [0, 0.1) is 0 Å². The molecule has 0 aromatic heterocycles. The van der Waals surface area contributed by atoms with Gasteiger partial charge >= 0.3 is 0 Å². The lowest BCUT2D eigenvalue weighted by Crippen LogP contribution is -2.52. The summed E-state index contributed by atoms with van der Waals surface area (Å²) < 4.78 is 0. The van der Waals surface area contributed by atoms with E-state index in [0.29, 0.717) is 24.5 Å². The van der Waals surface area contributed by atoms with Crippen LogP contribution in [-0.2, 0) is 21.8 Å². The fourth-order valence-corrected chi connectivity index (χ4v) is 5.41. The Morgan fingerprint density at radius 1 is 1.09 bits per heavy atom. The van der Waals surface area contributed by atoms with Crippen LogP contribution in [0.1, 0.15) is 50.2 Å². The topological polar surface area (TPSA) is 49.4 Å². The molecule has 3 rings (SSSR count). The van der Waals surface area contributed by atoms with E-state index >= 15 is 0 Å². The van der Waals surface area contributed by atoms with Crippen molar-refractivity contribution < 1.29 is 9.59 Å². The number of carbonyl (C=O) groups excluding carboxylic acids is 2. The molecule has 1 saturated carbocycles. The highest BCUT2D eigenvalue weighted by molar-refractivity contribution is 7.99. The van der Waals surface area contributed by atoms with E-state index in [1.54, 1.807) is 16.7 Å². The van der Waals surface area contributed by atoms with E-state index in [0.717, 1.165) is 42.7 Å². The molecular weight excluding hydrogens is 440 g/mol. The van der Waals surface area contributed by atoms with Gasteiger partial charge in [0.2, 0.25) is 11.8 Å². The Labute approximate surface area is 201 Å². The monoisotopic (exact) mass is 472 g/mol. The van der Waals surface area contributed by atoms with Crippen molar-refractivity contribution in [3.63, 3.8) is 0 Å². The van der Waals surface area contributed by atoms with Crippen LogP contribution in [0.25, 0.3) is 0 Å². The number of benzene rings is 2. The summed E-state index contributed by atoms with van der Waals surface area (Å²) in [6.45, 7) is 2.52. The second kappa shape index (κ2) is 12.9. The number of carbonyl (C=O) groups is 2. The van der Waals surface area contributed by atoms with Crippen LogP contribution in [0.2, 0.25) is 5.02 Å². The molecule has 2 amide bonds. The number of nitrogens with zero attached hydrogens (tertiary/aromatic N) is 1. The lowest BCUT2D eigenvalue weighted by atomic mass is 10.1. The van der Waals surface area contributed by atoms with Crippen LogP contribution >= 0.6 is 23.4 Å². The number of hydrogen-bond acceptors (Lipinski definition) is 3. The molecule has 172 valence electrons. The molecule has 0 bridgehead atoms. The highest BCUT2D eigenvalue weighted by atomic mass is 35.5. The number of hydrogen-bond donors (Lipinski definition) is 1. The van der Waals surface area contributed by atoms with Gasteiger partial charge in [0.1, 0.15) is 6.04 Å². The molecule has 6 heteroatoms. The molecule has 0 spiro atoms. The Morgan fingerprint density at radius 2 is 1.78 bits per heavy atom. The van der Waals surface area contributed by atoms with E-state index in [9.17, 15) is 9.59 Å². The molecule has 1 atom stereocenters. The van der Waals surface area contributed by atoms with Crippen molar-refractivity contribution in [2.24, 2.45) is 0 Å². The highest BCUT2D eigenvalue weighted by Crippen LogP contribution is 2.22. The van der Waals surface area contributed by atoms with Crippen molar-refractivity contribution >= 4 is 35.2 Å². The first-order valence-corrected chi connectivity index (χ1v) is 13.1. The van der Waals surface area contributed by atoms with Crippen molar-refractivity contribution in [2.75, 3.05) is 12.3 Å². The summed E-state index contributed by atoms with van der Waals surface area (Å²) in [5.41, 5.74) is 2.19. The predicted octanol–water partition coefficient (Wildman–Crippen LogP) is 5.48. The van der Waals surface area contributed by atoms with Crippen LogP contribution in [-0.4, -0.2) is 41.1 Å². The van der Waals surface area contributed by atoms with Gasteiger partial charge in [0.15, 0.2) is 0 Å². The molecule has 1 aliphatic carbocycles. The molecule has 0 heterocycles. The van der Waals surface area contributed by atoms with Crippen molar-refractivity contribution in [2.45, 2.75) is 63.3 Å². The third kappa shape index (κ3) is 7.28. The SMILES string of the molecule is CC[C@@H](C(=O)NC1CCCC1)N(CCc1ccccc1)C(=O)CSCc1ccccc1Cl. The molecule has 0 aliphatic heterocycles. The quantitative estimate of drug-likeness (QED) is 0.471. The maximum atomic E-state index is 13.3. The van der Waals surface area contributed by atoms with Crippen LogP contribution < -0.4 is 5.32 Å². The first kappa shape index (κ1) is 24.7. The fraction of sp³-hybridized carbons (Fsp3) is 0.462. The predicted molar refractivity (Wildman–Crippen MR) is 134 cm³/mol. The largest absolute Gasteiger partial charge is 0.352 e. The van der Waals surface area contributed by atoms with E-state index in [2.05, 4.69) is 17.4 Å². The number of halogens is 1. The first-order valence-electron chi connectivity index (χ1n) is 11.5. The van der Waals surface area contributed by atoms with Gasteiger partial charge in [0.05, 0.1) is 5.75 Å². The van der Waals surface area contributed by atoms with Gasteiger partial charge in [-0.3, -0.25) is 9.59 Å². The highest BCUT2D eigenvalue weighted by Gasteiger charge is 2.30. The van der Waals surface area contributed by atoms with Crippen LogP contribution in [0.15, 0.2) is 54.6 Å². The first-order chi connectivity index (χ1) is 15.6. The van der Waals surface area contributed by atoms with Gasteiger partial charge in [-0.25, -0.2) is 0 Å². The van der Waals surface area contributed by atoms with Gasteiger partial charge in [-0.2, -0.15) is 0 Å². The summed E-state index contributed by atoms with van der Waals surface area (Å²) in [5, 5.41) is 3.91. The minimum absolute atomic E-state index is 0.00593. The normalized spacial score (nSPS) is 14.8. The summed E-state index contributed by atoms with van der Waals surface area (Å²) in [7, 11) is 0. The van der Waals surface area contributed by atoms with E-state index in [1.807, 2.05) is 49.4 Å². The summed E-state index contributed by atoms with van der Waals surface area (Å²) >= 11 is 7.80. The summed E-state index contributed by atoms with van der Waals surface area (Å²) in [6.07, 6.45) is 5.74. The Kier molecular flexibility index (Phi) is 9.94. The van der Waals surface area contributed by atoms with Gasteiger partial charge in [-0.1, -0.05) is 79.9 Å². The number of nitrogens with one attached hydrogen (secondary N) is 1. The maximum Gasteiger partial charge on any atom is 0.243 e. The molecule has 1 fully saturated rings. The summed E-state index contributed by atoms with van der Waals surface area (Å²) in [4.78, 5) is 28.2. The van der Waals surface area contributed by atoms with Crippen molar-refractivity contribution in [1.29, 1.82) is 0 Å². The molecule has 2 aromatic rings. The van der Waals surface area contributed by atoms with Crippen LogP contribution in [0.5, 0.6) is 0 Å². The average molecular weight is 473 g/mol. The van der Waals surface area contributed by atoms with Crippen molar-refractivity contribution in [3.05, 3.63) is 70.7 Å². The van der Waals surface area contributed by atoms with Gasteiger partial charge in [-0.15, -0.1) is 11.8 Å². The molecular formula is C26H33ClN2O2S. The van der Waals surface area contributed by atoms with Gasteiger partial charge in [0, 0.05) is 23.4 Å². The number of amides is 2. The van der Waals surface area contributed by atoms with E-state index in [4.69, 9.17) is 11.6 Å². The lowest BCUT2D eigenvalue weighted by Gasteiger charge is -2.31. The minimum atomic E-state index is -0.437. The maximum absolute atomic E-state index is 13.3. The average Bonchev–Trinajstić information content (AvgIpc) is 3.31. The van der Waals surface area contributed by atoms with Gasteiger partial charge < -0.3 is 10.2 Å². The Balaban J connectivity index is 1.65. The number of thioether (sulfide) groups is 1. The Hall–Kier alpha value is -1.98. The Morgan fingerprint density at radius 3 is 2.47 bits per heavy atom. The zero-order valence-corrected chi connectivity index (χ0v) is 20.3. The van der Waals surface area contributed by atoms with E-state index < -0.39 is 6.04 Å². The smallest absolute Gasteiger partial charge is 0.243 e. The van der Waals surface area contributed by atoms with Gasteiger partial charge in [-0.05, 0) is 42.9 Å². The molecule has 1 N–H and O–H groups in total. The molecule has 32 heavy (non-hydrogen) atoms. The number of rotatable bonds is 11. The minimum Gasteiger partial charge on any atom is -0.352 e. The van der Waals surface area contributed by atoms with Crippen molar-refractivity contribution in [1.82, 2.24) is 10.2 Å². The fourth-order valence-electron chi connectivity index (χ4n) is 4.21. The zero-order valence-electron chi connectivity index (χ0n) is 18.8. The Bertz CT molecular complexity index is 871. The standard InChI is InChI=1S/C26H33ClN2O2S/c1-2-24(26(31)28-22-13-7-8-14-22)29(17-16-20-10-4-3-5-11-20)25(30)19-32-18-21-12-6-9-15-23(21)27/h3-6,9-12,15,22,24H,2,7-8,13-14,16-19H2,1H3,(H,28,31)/t24-/m0/s1. The molecule has 4 nitrogen and oxygen atoms in total. The summed E-state index contributed by atoms with van der Waals surface area (Å²) in [5.74, 6) is 0.985. The molecule has 2 aromatic carbocycles. The second-order valence-electron chi connectivity index (χ2n) is 8.32. The third-order valence-corrected chi connectivity index (χ3v) is 7.35. The lowest BCUT2D eigenvalue weighted by molar-refractivity contribution is -0.139. The second-order valence-corrected chi connectivity index (χ2v) is 9.71.